The van der Waals surface area contributed by atoms with Crippen LogP contribution in [0.5, 0.6) is 0 Å². The van der Waals surface area contributed by atoms with Crippen LogP contribution in [0.2, 0.25) is 0 Å². The molecular formula is C15H28N2OS. The van der Waals surface area contributed by atoms with E-state index in [0.717, 1.165) is 25.3 Å². The lowest BCUT2D eigenvalue weighted by molar-refractivity contribution is -0.131. The molecule has 0 saturated carbocycles. The Kier molecular flexibility index (Phi) is 5.58. The first kappa shape index (κ1) is 15.2. The van der Waals surface area contributed by atoms with E-state index < -0.39 is 0 Å². The number of nitrogens with zero attached hydrogens (tertiary/aromatic N) is 1. The zero-order valence-corrected chi connectivity index (χ0v) is 13.3. The lowest BCUT2D eigenvalue weighted by Crippen LogP contribution is -2.40. The minimum Gasteiger partial charge on any atom is -0.326 e. The van der Waals surface area contributed by atoms with E-state index in [0.29, 0.717) is 11.8 Å². The highest BCUT2D eigenvalue weighted by Crippen LogP contribution is 2.27. The van der Waals surface area contributed by atoms with Crippen LogP contribution in [0.3, 0.4) is 0 Å². The molecule has 0 spiro atoms. The number of nitrogens with one attached hydrogen (secondary N) is 1. The lowest BCUT2D eigenvalue weighted by Gasteiger charge is -2.30. The second kappa shape index (κ2) is 6.98. The number of hydrogen-bond acceptors (Lipinski definition) is 3. The predicted molar refractivity (Wildman–Crippen MR) is 82.2 cm³/mol. The first-order valence-electron chi connectivity index (χ1n) is 7.81. The van der Waals surface area contributed by atoms with Gasteiger partial charge in [-0.1, -0.05) is 27.2 Å². The standard InChI is InChI=1S/C15H28N2OS/c1-4-11(3)14-15(18)17(13(5-2)16-14)10-12-6-8-19-9-7-12/h11-14,16H,4-10H2,1-3H3. The summed E-state index contributed by atoms with van der Waals surface area (Å²) in [5, 5.41) is 3.55. The first-order chi connectivity index (χ1) is 9.17. The van der Waals surface area contributed by atoms with Gasteiger partial charge < -0.3 is 4.90 Å². The smallest absolute Gasteiger partial charge is 0.241 e. The average Bonchev–Trinajstić information content (AvgIpc) is 2.76. The third kappa shape index (κ3) is 3.46. The highest BCUT2D eigenvalue weighted by Gasteiger charge is 2.40. The van der Waals surface area contributed by atoms with Crippen molar-refractivity contribution in [1.29, 1.82) is 0 Å². The van der Waals surface area contributed by atoms with E-state index >= 15 is 0 Å². The largest absolute Gasteiger partial charge is 0.326 e. The molecule has 0 radical (unpaired) electrons. The van der Waals surface area contributed by atoms with Crippen LogP contribution < -0.4 is 5.32 Å². The molecule has 0 aromatic heterocycles. The summed E-state index contributed by atoms with van der Waals surface area (Å²) >= 11 is 2.05. The average molecular weight is 284 g/mol. The van der Waals surface area contributed by atoms with E-state index in [1.165, 1.54) is 24.3 Å². The van der Waals surface area contributed by atoms with Gasteiger partial charge in [-0.3, -0.25) is 10.1 Å². The van der Waals surface area contributed by atoms with Gasteiger partial charge in [-0.05, 0) is 42.6 Å². The molecule has 19 heavy (non-hydrogen) atoms. The number of rotatable bonds is 5. The Morgan fingerprint density at radius 1 is 1.37 bits per heavy atom. The van der Waals surface area contributed by atoms with Crippen molar-refractivity contribution in [1.82, 2.24) is 10.2 Å². The number of amides is 1. The fourth-order valence-electron chi connectivity index (χ4n) is 3.11. The minimum absolute atomic E-state index is 0.0490. The second-order valence-electron chi connectivity index (χ2n) is 6.00. The molecule has 2 heterocycles. The van der Waals surface area contributed by atoms with Crippen LogP contribution in [0, 0.1) is 11.8 Å². The summed E-state index contributed by atoms with van der Waals surface area (Å²) in [6.45, 7) is 7.50. The van der Waals surface area contributed by atoms with Crippen molar-refractivity contribution in [2.75, 3.05) is 18.1 Å². The van der Waals surface area contributed by atoms with E-state index in [2.05, 4.69) is 42.7 Å². The molecule has 3 unspecified atom stereocenters. The van der Waals surface area contributed by atoms with Crippen molar-refractivity contribution in [3.05, 3.63) is 0 Å². The van der Waals surface area contributed by atoms with Crippen molar-refractivity contribution >= 4 is 17.7 Å². The molecule has 0 aromatic rings. The van der Waals surface area contributed by atoms with Gasteiger partial charge in [0.15, 0.2) is 0 Å². The van der Waals surface area contributed by atoms with Crippen molar-refractivity contribution < 1.29 is 4.79 Å². The van der Waals surface area contributed by atoms with Gasteiger partial charge in [-0.15, -0.1) is 0 Å². The topological polar surface area (TPSA) is 32.3 Å². The Hall–Kier alpha value is -0.220. The molecule has 0 aromatic carbocycles. The highest BCUT2D eigenvalue weighted by atomic mass is 32.2. The summed E-state index contributed by atoms with van der Waals surface area (Å²) in [6, 6.07) is 0.0490. The maximum atomic E-state index is 12.6. The third-order valence-corrected chi connectivity index (χ3v) is 5.74. The van der Waals surface area contributed by atoms with Gasteiger partial charge in [0.2, 0.25) is 5.91 Å². The van der Waals surface area contributed by atoms with Crippen LogP contribution in [0.15, 0.2) is 0 Å². The molecule has 2 fully saturated rings. The van der Waals surface area contributed by atoms with E-state index in [1.54, 1.807) is 0 Å². The van der Waals surface area contributed by atoms with Crippen LogP contribution in [-0.2, 0) is 4.79 Å². The van der Waals surface area contributed by atoms with Crippen LogP contribution in [0.1, 0.15) is 46.5 Å². The maximum absolute atomic E-state index is 12.6. The highest BCUT2D eigenvalue weighted by molar-refractivity contribution is 7.99. The summed E-state index contributed by atoms with van der Waals surface area (Å²) in [6.07, 6.45) is 4.90. The predicted octanol–water partition coefficient (Wildman–Crippen LogP) is 2.71. The summed E-state index contributed by atoms with van der Waals surface area (Å²) in [5.74, 6) is 4.04. The molecule has 0 aliphatic carbocycles. The van der Waals surface area contributed by atoms with Gasteiger partial charge in [0.1, 0.15) is 0 Å². The Morgan fingerprint density at radius 3 is 2.63 bits per heavy atom. The second-order valence-corrected chi connectivity index (χ2v) is 7.23. The zero-order chi connectivity index (χ0) is 13.8. The fourth-order valence-corrected chi connectivity index (χ4v) is 4.31. The summed E-state index contributed by atoms with van der Waals surface area (Å²) in [7, 11) is 0. The van der Waals surface area contributed by atoms with Crippen LogP contribution in [-0.4, -0.2) is 41.1 Å². The molecule has 2 rings (SSSR count). The quantitative estimate of drug-likeness (QED) is 0.842. The van der Waals surface area contributed by atoms with Gasteiger partial charge in [0.25, 0.3) is 0 Å². The van der Waals surface area contributed by atoms with E-state index in [-0.39, 0.29) is 12.2 Å². The number of thioether (sulfide) groups is 1. The summed E-state index contributed by atoms with van der Waals surface area (Å²) in [5.41, 5.74) is 0. The monoisotopic (exact) mass is 284 g/mol. The zero-order valence-electron chi connectivity index (χ0n) is 12.5. The number of carbonyl (C=O) groups excluding carboxylic acids is 1. The summed E-state index contributed by atoms with van der Waals surface area (Å²) in [4.78, 5) is 14.7. The molecule has 2 aliphatic rings. The molecule has 110 valence electrons. The van der Waals surface area contributed by atoms with Gasteiger partial charge in [-0.2, -0.15) is 11.8 Å². The van der Waals surface area contributed by atoms with E-state index in [4.69, 9.17) is 0 Å². The molecule has 1 N–H and O–H groups in total. The van der Waals surface area contributed by atoms with Gasteiger partial charge >= 0.3 is 0 Å². The first-order valence-corrected chi connectivity index (χ1v) is 8.97. The Morgan fingerprint density at radius 2 is 2.05 bits per heavy atom. The molecule has 3 nitrogen and oxygen atoms in total. The van der Waals surface area contributed by atoms with Gasteiger partial charge in [0, 0.05) is 6.54 Å². The molecule has 3 atom stereocenters. The fraction of sp³-hybridized carbons (Fsp3) is 0.933. The number of hydrogen-bond donors (Lipinski definition) is 1. The van der Waals surface area contributed by atoms with Crippen LogP contribution in [0.4, 0.5) is 0 Å². The van der Waals surface area contributed by atoms with Crippen molar-refractivity contribution in [3.63, 3.8) is 0 Å². The van der Waals surface area contributed by atoms with Crippen molar-refractivity contribution in [2.45, 2.75) is 58.7 Å². The van der Waals surface area contributed by atoms with Crippen molar-refractivity contribution in [3.8, 4) is 0 Å². The van der Waals surface area contributed by atoms with E-state index in [9.17, 15) is 4.79 Å². The Labute approximate surface area is 121 Å². The Balaban J connectivity index is 1.98. The van der Waals surface area contributed by atoms with Crippen LogP contribution in [0.25, 0.3) is 0 Å². The molecule has 2 saturated heterocycles. The molecular weight excluding hydrogens is 256 g/mol. The molecule has 0 bridgehead atoms. The normalized spacial score (nSPS) is 30.9. The number of carbonyl (C=O) groups is 1. The Bertz CT molecular complexity index is 305. The van der Waals surface area contributed by atoms with Crippen LogP contribution >= 0.6 is 11.8 Å². The maximum Gasteiger partial charge on any atom is 0.241 e. The van der Waals surface area contributed by atoms with Gasteiger partial charge in [0.05, 0.1) is 12.2 Å². The van der Waals surface area contributed by atoms with Gasteiger partial charge in [-0.25, -0.2) is 0 Å². The lowest BCUT2D eigenvalue weighted by atomic mass is 9.98. The SMILES string of the molecule is CCC(C)C1NC(CC)N(CC2CCSCC2)C1=O. The van der Waals surface area contributed by atoms with Crippen molar-refractivity contribution in [2.24, 2.45) is 11.8 Å². The minimum atomic E-state index is 0.0490. The molecule has 2 aliphatic heterocycles. The third-order valence-electron chi connectivity index (χ3n) is 4.69. The molecule has 4 heteroatoms. The van der Waals surface area contributed by atoms with E-state index in [1.807, 2.05) is 0 Å². The molecule has 1 amide bonds. The summed E-state index contributed by atoms with van der Waals surface area (Å²) < 4.78 is 0.